The Morgan fingerprint density at radius 1 is 1.39 bits per heavy atom. The van der Waals surface area contributed by atoms with Crippen LogP contribution in [0.15, 0.2) is 16.2 Å². The molecule has 0 saturated carbocycles. The van der Waals surface area contributed by atoms with Gasteiger partial charge in [0.05, 0.1) is 12.8 Å². The van der Waals surface area contributed by atoms with E-state index in [9.17, 15) is 5.11 Å². The average Bonchev–Trinajstić information content (AvgIpc) is 3.34. The van der Waals surface area contributed by atoms with Crippen molar-refractivity contribution in [3.05, 3.63) is 17.7 Å². The molecule has 0 amide bonds. The number of rotatable bonds is 5. The molecule has 4 heterocycles. The number of nitrogens with zero attached hydrogens (tertiary/aromatic N) is 5. The van der Waals surface area contributed by atoms with Gasteiger partial charge in [-0.1, -0.05) is 5.92 Å². The Kier molecular flexibility index (Phi) is 5.94. The Morgan fingerprint density at radius 3 is 2.87 bits per heavy atom. The molecule has 0 unspecified atom stereocenters. The number of nitrogens with one attached hydrogen (secondary N) is 1. The average molecular weight is 424 g/mol. The topological polar surface area (TPSA) is 123 Å². The fourth-order valence-electron chi connectivity index (χ4n) is 3.81. The summed E-state index contributed by atoms with van der Waals surface area (Å²) in [5.41, 5.74) is 7.38. The van der Waals surface area contributed by atoms with Crippen LogP contribution >= 0.6 is 0 Å². The minimum atomic E-state index is -1.14. The van der Waals surface area contributed by atoms with Crippen molar-refractivity contribution in [1.29, 1.82) is 0 Å². The fourth-order valence-corrected chi connectivity index (χ4v) is 3.81. The van der Waals surface area contributed by atoms with Crippen molar-refractivity contribution in [1.82, 2.24) is 19.9 Å². The summed E-state index contributed by atoms with van der Waals surface area (Å²) >= 11 is 0. The third-order valence-corrected chi connectivity index (χ3v) is 5.34. The number of nitrogens with two attached hydrogens (primary N) is 1. The van der Waals surface area contributed by atoms with Crippen LogP contribution in [0.4, 0.5) is 0 Å². The van der Waals surface area contributed by atoms with E-state index in [1.807, 2.05) is 11.5 Å². The maximum atomic E-state index is 10.0. The molecule has 0 bridgehead atoms. The standard InChI is InChI=1S/C22H29N7O2/c1-4-29-19-16(31-12-14-6-5-9-24-10-14)11-25-15(7-8-22(2,3)30)17(19)28-21(29)18-20(23)27-13-26-18/h11,14,24,30H,4-6,9-10,12-13H2,1-3H3,(H2,23,27)/t14-/m0/s1. The van der Waals surface area contributed by atoms with Crippen molar-refractivity contribution < 1.29 is 9.84 Å². The maximum Gasteiger partial charge on any atom is 0.163 e. The summed E-state index contributed by atoms with van der Waals surface area (Å²) in [5.74, 6) is 7.91. The SMILES string of the molecule is CCn1c(C2=NCN=C2N)nc2c(C#CC(C)(C)O)ncc(OC[C@H]3CCCNC3)c21. The number of aromatic nitrogens is 3. The molecule has 9 nitrogen and oxygen atoms in total. The molecule has 4 rings (SSSR count). The number of aliphatic imine (C=N–C) groups is 2. The van der Waals surface area contributed by atoms with Gasteiger partial charge in [-0.05, 0) is 46.1 Å². The molecular weight excluding hydrogens is 394 g/mol. The van der Waals surface area contributed by atoms with Crippen LogP contribution in [-0.2, 0) is 6.54 Å². The highest BCUT2D eigenvalue weighted by molar-refractivity contribution is 6.47. The van der Waals surface area contributed by atoms with Crippen LogP contribution in [-0.4, -0.2) is 63.2 Å². The number of fused-ring (bicyclic) bond motifs is 1. The first-order chi connectivity index (χ1) is 14.9. The molecule has 2 aromatic rings. The van der Waals surface area contributed by atoms with Crippen LogP contribution in [0.5, 0.6) is 5.75 Å². The lowest BCUT2D eigenvalue weighted by Crippen LogP contribution is -2.33. The molecule has 1 saturated heterocycles. The molecule has 2 aliphatic rings. The van der Waals surface area contributed by atoms with Crippen molar-refractivity contribution in [2.45, 2.75) is 45.8 Å². The van der Waals surface area contributed by atoms with Crippen LogP contribution in [0, 0.1) is 17.8 Å². The fraction of sp³-hybridized carbons (Fsp3) is 0.545. The first kappa shape index (κ1) is 21.3. The van der Waals surface area contributed by atoms with Gasteiger partial charge in [-0.2, -0.15) is 0 Å². The van der Waals surface area contributed by atoms with Gasteiger partial charge >= 0.3 is 0 Å². The molecule has 1 fully saturated rings. The lowest BCUT2D eigenvalue weighted by Gasteiger charge is -2.23. The first-order valence-corrected chi connectivity index (χ1v) is 10.7. The minimum absolute atomic E-state index is 0.301. The quantitative estimate of drug-likeness (QED) is 0.618. The lowest BCUT2D eigenvalue weighted by molar-refractivity contribution is 0.143. The van der Waals surface area contributed by atoms with Crippen molar-refractivity contribution in [2.75, 3.05) is 26.4 Å². The largest absolute Gasteiger partial charge is 0.489 e. The minimum Gasteiger partial charge on any atom is -0.489 e. The second-order valence-corrected chi connectivity index (χ2v) is 8.37. The third kappa shape index (κ3) is 4.55. The summed E-state index contributed by atoms with van der Waals surface area (Å²) in [6, 6.07) is 0. The third-order valence-electron chi connectivity index (χ3n) is 5.34. The summed E-state index contributed by atoms with van der Waals surface area (Å²) in [6.45, 7) is 8.86. The summed E-state index contributed by atoms with van der Waals surface area (Å²) in [4.78, 5) is 17.9. The molecule has 0 aromatic carbocycles. The highest BCUT2D eigenvalue weighted by atomic mass is 16.5. The maximum absolute atomic E-state index is 10.0. The Hall–Kier alpha value is -2.96. The van der Waals surface area contributed by atoms with E-state index in [1.165, 1.54) is 0 Å². The number of ether oxygens (including phenoxy) is 1. The monoisotopic (exact) mass is 423 g/mol. The molecule has 0 aliphatic carbocycles. The van der Waals surface area contributed by atoms with Gasteiger partial charge in [0.1, 0.15) is 40.5 Å². The molecule has 0 radical (unpaired) electrons. The van der Waals surface area contributed by atoms with E-state index in [0.717, 1.165) is 31.4 Å². The predicted molar refractivity (Wildman–Crippen MR) is 120 cm³/mol. The summed E-state index contributed by atoms with van der Waals surface area (Å²) in [6.07, 6.45) is 3.99. The van der Waals surface area contributed by atoms with Gasteiger partial charge in [0.2, 0.25) is 0 Å². The summed E-state index contributed by atoms with van der Waals surface area (Å²) < 4.78 is 8.26. The van der Waals surface area contributed by atoms with Gasteiger partial charge < -0.3 is 25.5 Å². The number of imidazole rings is 1. The Balaban J connectivity index is 1.81. The highest BCUT2D eigenvalue weighted by Gasteiger charge is 2.25. The van der Waals surface area contributed by atoms with Gasteiger partial charge in [0.25, 0.3) is 0 Å². The van der Waals surface area contributed by atoms with Crippen molar-refractivity contribution in [3.63, 3.8) is 0 Å². The van der Waals surface area contributed by atoms with Crippen LogP contribution in [0.3, 0.4) is 0 Å². The molecule has 31 heavy (non-hydrogen) atoms. The lowest BCUT2D eigenvalue weighted by atomic mass is 10.0. The van der Waals surface area contributed by atoms with E-state index >= 15 is 0 Å². The number of pyridine rings is 1. The molecule has 0 spiro atoms. The number of piperidine rings is 1. The molecule has 1 atom stereocenters. The Morgan fingerprint density at radius 2 is 2.23 bits per heavy atom. The summed E-state index contributed by atoms with van der Waals surface area (Å²) in [7, 11) is 0. The highest BCUT2D eigenvalue weighted by Crippen LogP contribution is 2.29. The molecule has 4 N–H and O–H groups in total. The van der Waals surface area contributed by atoms with Crippen LogP contribution in [0.25, 0.3) is 11.0 Å². The number of amidine groups is 1. The van der Waals surface area contributed by atoms with Crippen LogP contribution < -0.4 is 15.8 Å². The number of hydrogen-bond donors (Lipinski definition) is 3. The molecular formula is C22H29N7O2. The van der Waals surface area contributed by atoms with Gasteiger partial charge in [0.15, 0.2) is 11.6 Å². The Bertz CT molecular complexity index is 1090. The van der Waals surface area contributed by atoms with E-state index < -0.39 is 5.60 Å². The zero-order valence-corrected chi connectivity index (χ0v) is 18.3. The number of hydrogen-bond acceptors (Lipinski definition) is 8. The predicted octanol–water partition coefficient (Wildman–Crippen LogP) is 1.07. The normalized spacial score (nSPS) is 19.0. The van der Waals surface area contributed by atoms with Crippen LogP contribution in [0.2, 0.25) is 0 Å². The molecule has 2 aliphatic heterocycles. The summed E-state index contributed by atoms with van der Waals surface area (Å²) in [5, 5.41) is 13.5. The van der Waals surface area contributed by atoms with Gasteiger partial charge in [-0.3, -0.25) is 4.99 Å². The van der Waals surface area contributed by atoms with E-state index in [-0.39, 0.29) is 0 Å². The van der Waals surface area contributed by atoms with Gasteiger partial charge in [-0.25, -0.2) is 15.0 Å². The van der Waals surface area contributed by atoms with Crippen molar-refractivity contribution >= 4 is 22.6 Å². The zero-order valence-electron chi connectivity index (χ0n) is 18.3. The smallest absolute Gasteiger partial charge is 0.163 e. The van der Waals surface area contributed by atoms with Gasteiger partial charge in [-0.15, -0.1) is 0 Å². The molecule has 2 aromatic heterocycles. The van der Waals surface area contributed by atoms with E-state index in [4.69, 9.17) is 15.5 Å². The van der Waals surface area contributed by atoms with Crippen molar-refractivity contribution in [2.24, 2.45) is 21.6 Å². The van der Waals surface area contributed by atoms with Crippen LogP contribution in [0.1, 0.15) is 45.1 Å². The van der Waals surface area contributed by atoms with E-state index in [0.29, 0.717) is 60.1 Å². The second kappa shape index (κ2) is 8.65. The van der Waals surface area contributed by atoms with Crippen molar-refractivity contribution in [3.8, 4) is 17.6 Å². The van der Waals surface area contributed by atoms with Gasteiger partial charge in [0, 0.05) is 19.0 Å². The molecule has 9 heteroatoms. The number of aryl methyl sites for hydroxylation is 1. The number of aliphatic hydroxyl groups is 1. The second-order valence-electron chi connectivity index (χ2n) is 8.37. The van der Waals surface area contributed by atoms with E-state index in [1.54, 1.807) is 20.0 Å². The van der Waals surface area contributed by atoms with E-state index in [2.05, 4.69) is 32.1 Å². The first-order valence-electron chi connectivity index (χ1n) is 10.7. The molecule has 164 valence electrons. The Labute approximate surface area is 181 Å². The zero-order chi connectivity index (χ0) is 22.0.